The molecule has 0 spiro atoms. The molecule has 0 saturated carbocycles. The summed E-state index contributed by atoms with van der Waals surface area (Å²) in [6, 6.07) is 0.523. The van der Waals surface area contributed by atoms with Crippen molar-refractivity contribution in [2.45, 2.75) is 39.7 Å². The molecule has 4 heteroatoms. The van der Waals surface area contributed by atoms with Crippen LogP contribution in [0.2, 0.25) is 0 Å². The monoisotopic (exact) mass is 272 g/mol. The number of hydrogen-bond donors (Lipinski definition) is 2. The molecule has 0 bridgehead atoms. The van der Waals surface area contributed by atoms with E-state index in [9.17, 15) is 0 Å². The Hall–Kier alpha value is -0.160. The van der Waals surface area contributed by atoms with Crippen LogP contribution in [0.4, 0.5) is 0 Å². The van der Waals surface area contributed by atoms with Gasteiger partial charge >= 0.3 is 0 Å². The maximum Gasteiger partial charge on any atom is 0.0623 e. The molecule has 1 rings (SSSR count). The molecule has 114 valence electrons. The first kappa shape index (κ1) is 16.9. The van der Waals surface area contributed by atoms with E-state index < -0.39 is 0 Å². The van der Waals surface area contributed by atoms with Crippen LogP contribution < -0.4 is 10.6 Å². The normalized spacial score (nSPS) is 24.0. The summed E-state index contributed by atoms with van der Waals surface area (Å²) in [4.78, 5) is 0. The van der Waals surface area contributed by atoms with Crippen molar-refractivity contribution in [1.29, 1.82) is 0 Å². The second-order valence-corrected chi connectivity index (χ2v) is 6.40. The zero-order valence-electron chi connectivity index (χ0n) is 13.1. The Morgan fingerprint density at radius 1 is 1.32 bits per heavy atom. The highest BCUT2D eigenvalue weighted by Crippen LogP contribution is 2.19. The lowest BCUT2D eigenvalue weighted by molar-refractivity contribution is 0.149. The third-order valence-electron chi connectivity index (χ3n) is 3.85. The summed E-state index contributed by atoms with van der Waals surface area (Å²) in [7, 11) is 1.77. The van der Waals surface area contributed by atoms with Crippen molar-refractivity contribution < 1.29 is 9.47 Å². The van der Waals surface area contributed by atoms with Gasteiger partial charge in [0, 0.05) is 38.8 Å². The zero-order chi connectivity index (χ0) is 14.1. The van der Waals surface area contributed by atoms with Crippen molar-refractivity contribution in [2.75, 3.05) is 46.6 Å². The molecule has 2 atom stereocenters. The molecule has 1 fully saturated rings. The molecular formula is C15H32N2O2. The fourth-order valence-electron chi connectivity index (χ4n) is 2.42. The van der Waals surface area contributed by atoms with Crippen molar-refractivity contribution in [3.63, 3.8) is 0 Å². The van der Waals surface area contributed by atoms with Gasteiger partial charge in [0.25, 0.3) is 0 Å². The van der Waals surface area contributed by atoms with Crippen LogP contribution in [0.5, 0.6) is 0 Å². The van der Waals surface area contributed by atoms with Gasteiger partial charge in [0.1, 0.15) is 0 Å². The number of methoxy groups -OCH3 is 1. The summed E-state index contributed by atoms with van der Waals surface area (Å²) in [6.45, 7) is 12.5. The average molecular weight is 272 g/mol. The Bertz CT molecular complexity index is 234. The van der Waals surface area contributed by atoms with Gasteiger partial charge in [-0.25, -0.2) is 0 Å². The molecule has 0 amide bonds. The van der Waals surface area contributed by atoms with Crippen LogP contribution in [0.25, 0.3) is 0 Å². The molecule has 0 radical (unpaired) electrons. The summed E-state index contributed by atoms with van der Waals surface area (Å²) in [6.07, 6.45) is 2.27. The predicted octanol–water partition coefficient (Wildman–Crippen LogP) is 1.65. The van der Waals surface area contributed by atoms with Crippen LogP contribution in [0.3, 0.4) is 0 Å². The number of nitrogens with one attached hydrogen (secondary N) is 2. The van der Waals surface area contributed by atoms with Crippen LogP contribution in [0, 0.1) is 11.3 Å². The summed E-state index contributed by atoms with van der Waals surface area (Å²) in [5, 5.41) is 7.19. The first-order valence-corrected chi connectivity index (χ1v) is 7.60. The standard InChI is InChI=1S/C15H32N2O2/c1-5-7-17-14-11-19-10-13(14)9-16-12-15(2,3)6-8-18-4/h13-14,16-17H,5-12H2,1-4H3. The predicted molar refractivity (Wildman–Crippen MR) is 79.5 cm³/mol. The number of hydrogen-bond acceptors (Lipinski definition) is 4. The highest BCUT2D eigenvalue weighted by molar-refractivity contribution is 4.83. The zero-order valence-corrected chi connectivity index (χ0v) is 13.1. The smallest absolute Gasteiger partial charge is 0.0623 e. The Morgan fingerprint density at radius 3 is 2.79 bits per heavy atom. The molecule has 0 aliphatic carbocycles. The van der Waals surface area contributed by atoms with Crippen molar-refractivity contribution in [3.05, 3.63) is 0 Å². The minimum Gasteiger partial charge on any atom is -0.385 e. The molecule has 19 heavy (non-hydrogen) atoms. The van der Waals surface area contributed by atoms with Gasteiger partial charge in [0.05, 0.1) is 13.2 Å². The number of rotatable bonds is 10. The fourth-order valence-corrected chi connectivity index (χ4v) is 2.42. The van der Waals surface area contributed by atoms with Crippen LogP contribution in [-0.4, -0.2) is 52.6 Å². The molecule has 0 aromatic carbocycles. The molecule has 1 saturated heterocycles. The molecular weight excluding hydrogens is 240 g/mol. The topological polar surface area (TPSA) is 42.5 Å². The van der Waals surface area contributed by atoms with Crippen molar-refractivity contribution in [3.8, 4) is 0 Å². The van der Waals surface area contributed by atoms with E-state index in [4.69, 9.17) is 9.47 Å². The summed E-state index contributed by atoms with van der Waals surface area (Å²) in [5.41, 5.74) is 0.293. The van der Waals surface area contributed by atoms with Crippen molar-refractivity contribution in [1.82, 2.24) is 10.6 Å². The van der Waals surface area contributed by atoms with E-state index in [1.165, 1.54) is 6.42 Å². The van der Waals surface area contributed by atoms with Gasteiger partial charge in [0.15, 0.2) is 0 Å². The largest absolute Gasteiger partial charge is 0.385 e. The van der Waals surface area contributed by atoms with Gasteiger partial charge in [-0.1, -0.05) is 20.8 Å². The quantitative estimate of drug-likeness (QED) is 0.635. The maximum absolute atomic E-state index is 5.59. The average Bonchev–Trinajstić information content (AvgIpc) is 2.81. The van der Waals surface area contributed by atoms with Crippen LogP contribution >= 0.6 is 0 Å². The van der Waals surface area contributed by atoms with E-state index in [1.807, 2.05) is 0 Å². The maximum atomic E-state index is 5.59. The lowest BCUT2D eigenvalue weighted by Gasteiger charge is -2.26. The summed E-state index contributed by atoms with van der Waals surface area (Å²) in [5.74, 6) is 0.602. The van der Waals surface area contributed by atoms with E-state index in [0.717, 1.165) is 45.9 Å². The minimum atomic E-state index is 0.293. The van der Waals surface area contributed by atoms with Crippen LogP contribution in [0.1, 0.15) is 33.6 Å². The Balaban J connectivity index is 2.20. The molecule has 0 aromatic rings. The van der Waals surface area contributed by atoms with E-state index in [1.54, 1.807) is 7.11 Å². The third kappa shape index (κ3) is 6.70. The van der Waals surface area contributed by atoms with E-state index >= 15 is 0 Å². The second kappa shape index (κ2) is 8.90. The van der Waals surface area contributed by atoms with E-state index in [0.29, 0.717) is 17.4 Å². The Kier molecular flexibility index (Phi) is 7.91. The molecule has 1 aliphatic heterocycles. The van der Waals surface area contributed by atoms with Crippen molar-refractivity contribution >= 4 is 0 Å². The van der Waals surface area contributed by atoms with Crippen molar-refractivity contribution in [2.24, 2.45) is 11.3 Å². The molecule has 0 aromatic heterocycles. The fraction of sp³-hybridized carbons (Fsp3) is 1.00. The first-order chi connectivity index (χ1) is 9.09. The van der Waals surface area contributed by atoms with Crippen LogP contribution in [-0.2, 0) is 9.47 Å². The lowest BCUT2D eigenvalue weighted by Crippen LogP contribution is -2.42. The SMILES string of the molecule is CCCNC1COCC1CNCC(C)(C)CCOC. The second-order valence-electron chi connectivity index (χ2n) is 6.40. The summed E-state index contributed by atoms with van der Waals surface area (Å²) >= 11 is 0. The molecule has 1 heterocycles. The first-order valence-electron chi connectivity index (χ1n) is 7.60. The molecule has 2 unspecified atom stereocenters. The van der Waals surface area contributed by atoms with Crippen LogP contribution in [0.15, 0.2) is 0 Å². The molecule has 2 N–H and O–H groups in total. The van der Waals surface area contributed by atoms with Gasteiger partial charge in [-0.2, -0.15) is 0 Å². The van der Waals surface area contributed by atoms with Gasteiger partial charge in [-0.05, 0) is 24.8 Å². The lowest BCUT2D eigenvalue weighted by atomic mass is 9.89. The van der Waals surface area contributed by atoms with Gasteiger partial charge in [-0.15, -0.1) is 0 Å². The highest BCUT2D eigenvalue weighted by atomic mass is 16.5. The Labute approximate surface area is 118 Å². The minimum absolute atomic E-state index is 0.293. The van der Waals surface area contributed by atoms with Gasteiger partial charge in [-0.3, -0.25) is 0 Å². The molecule has 1 aliphatic rings. The Morgan fingerprint density at radius 2 is 2.11 bits per heavy atom. The summed E-state index contributed by atoms with van der Waals surface area (Å²) < 4.78 is 10.8. The van der Waals surface area contributed by atoms with Gasteiger partial charge < -0.3 is 20.1 Å². The van der Waals surface area contributed by atoms with E-state index in [2.05, 4.69) is 31.4 Å². The van der Waals surface area contributed by atoms with Gasteiger partial charge in [0.2, 0.25) is 0 Å². The van der Waals surface area contributed by atoms with E-state index in [-0.39, 0.29) is 0 Å². The molecule has 4 nitrogen and oxygen atoms in total. The highest BCUT2D eigenvalue weighted by Gasteiger charge is 2.27. The third-order valence-corrected chi connectivity index (χ3v) is 3.85. The number of ether oxygens (including phenoxy) is 2.